The molecule has 1 unspecified atom stereocenters. The van der Waals surface area contributed by atoms with Gasteiger partial charge in [0.15, 0.2) is 0 Å². The molecule has 1 amide bonds. The molecule has 0 radical (unpaired) electrons. The first-order chi connectivity index (χ1) is 11.6. The van der Waals surface area contributed by atoms with Crippen LogP contribution in [0.25, 0.3) is 0 Å². The molecule has 2 aromatic rings. The maximum absolute atomic E-state index is 14.1. The van der Waals surface area contributed by atoms with E-state index in [0.29, 0.717) is 19.7 Å². The van der Waals surface area contributed by atoms with Crippen molar-refractivity contribution in [2.24, 2.45) is 0 Å². The molecule has 1 aromatic heterocycles. The van der Waals surface area contributed by atoms with Crippen LogP contribution in [0.5, 0.6) is 0 Å². The highest BCUT2D eigenvalue weighted by atomic mass is 35.5. The largest absolute Gasteiger partial charge is 0.376 e. The summed E-state index contributed by atoms with van der Waals surface area (Å²) >= 11 is 5.78. The molecule has 1 aliphatic heterocycles. The lowest BCUT2D eigenvalue weighted by atomic mass is 10.1. The number of aromatic nitrogens is 1. The Morgan fingerprint density at radius 1 is 1.42 bits per heavy atom. The van der Waals surface area contributed by atoms with Crippen LogP contribution in [0.3, 0.4) is 0 Å². The van der Waals surface area contributed by atoms with E-state index in [2.05, 4.69) is 4.98 Å². The van der Waals surface area contributed by atoms with E-state index in [1.807, 2.05) is 12.1 Å². The highest BCUT2D eigenvalue weighted by molar-refractivity contribution is 6.30. The number of benzene rings is 1. The average molecular weight is 349 g/mol. The van der Waals surface area contributed by atoms with Gasteiger partial charge in [-0.15, -0.1) is 0 Å². The number of amides is 1. The fourth-order valence-corrected chi connectivity index (χ4v) is 2.96. The van der Waals surface area contributed by atoms with Gasteiger partial charge < -0.3 is 9.64 Å². The summed E-state index contributed by atoms with van der Waals surface area (Å²) in [4.78, 5) is 18.5. The molecule has 0 bridgehead atoms. The molecule has 126 valence electrons. The fraction of sp³-hybridized carbons (Fsp3) is 0.333. The second-order valence-corrected chi connectivity index (χ2v) is 6.24. The van der Waals surface area contributed by atoms with Crippen LogP contribution in [-0.2, 0) is 11.3 Å². The number of carbonyl (C=O) groups excluding carboxylic acids is 1. The zero-order chi connectivity index (χ0) is 16.9. The van der Waals surface area contributed by atoms with Crippen molar-refractivity contribution < 1.29 is 13.9 Å². The second-order valence-electron chi connectivity index (χ2n) is 5.81. The maximum Gasteiger partial charge on any atom is 0.257 e. The van der Waals surface area contributed by atoms with Gasteiger partial charge in [-0.1, -0.05) is 17.7 Å². The van der Waals surface area contributed by atoms with Crippen LogP contribution in [0, 0.1) is 5.82 Å². The predicted octanol–water partition coefficient (Wildman–Crippen LogP) is 3.70. The average Bonchev–Trinajstić information content (AvgIpc) is 3.08. The Balaban J connectivity index is 1.83. The van der Waals surface area contributed by atoms with E-state index < -0.39 is 5.82 Å². The minimum atomic E-state index is -0.615. The Hall–Kier alpha value is -1.98. The summed E-state index contributed by atoms with van der Waals surface area (Å²) in [5.41, 5.74) is 0.902. The van der Waals surface area contributed by atoms with Gasteiger partial charge in [0.25, 0.3) is 5.91 Å². The number of pyridine rings is 1. The van der Waals surface area contributed by atoms with E-state index in [4.69, 9.17) is 16.3 Å². The number of halogens is 2. The summed E-state index contributed by atoms with van der Waals surface area (Å²) in [5.74, 6) is -0.987. The Bertz CT molecular complexity index is 705. The van der Waals surface area contributed by atoms with Crippen molar-refractivity contribution in [1.82, 2.24) is 9.88 Å². The first kappa shape index (κ1) is 16.9. The molecule has 4 nitrogen and oxygen atoms in total. The SMILES string of the molecule is O=C(c1ccc(Cl)cc1F)N(Cc1cccnc1)CC1CCCO1. The molecule has 1 aliphatic rings. The monoisotopic (exact) mass is 348 g/mol. The zero-order valence-corrected chi connectivity index (χ0v) is 13.9. The first-order valence-electron chi connectivity index (χ1n) is 7.88. The van der Waals surface area contributed by atoms with Crippen LogP contribution in [0.4, 0.5) is 4.39 Å². The number of nitrogens with zero attached hydrogens (tertiary/aromatic N) is 2. The molecule has 0 aliphatic carbocycles. The molecule has 0 N–H and O–H groups in total. The van der Waals surface area contributed by atoms with Crippen LogP contribution in [0.2, 0.25) is 5.02 Å². The van der Waals surface area contributed by atoms with Gasteiger partial charge in [-0.25, -0.2) is 4.39 Å². The molecule has 1 atom stereocenters. The first-order valence-corrected chi connectivity index (χ1v) is 8.26. The molecule has 1 saturated heterocycles. The van der Waals surface area contributed by atoms with Crippen LogP contribution in [0.15, 0.2) is 42.7 Å². The number of hydrogen-bond donors (Lipinski definition) is 0. The van der Waals surface area contributed by atoms with E-state index in [-0.39, 0.29) is 22.6 Å². The maximum atomic E-state index is 14.1. The lowest BCUT2D eigenvalue weighted by molar-refractivity contribution is 0.0503. The summed E-state index contributed by atoms with van der Waals surface area (Å²) in [7, 11) is 0. The van der Waals surface area contributed by atoms with E-state index in [1.165, 1.54) is 12.1 Å². The molecule has 1 fully saturated rings. The summed E-state index contributed by atoms with van der Waals surface area (Å²) < 4.78 is 19.8. The van der Waals surface area contributed by atoms with Crippen molar-refractivity contribution in [3.63, 3.8) is 0 Å². The van der Waals surface area contributed by atoms with E-state index >= 15 is 0 Å². The van der Waals surface area contributed by atoms with Crippen LogP contribution in [-0.4, -0.2) is 35.0 Å². The molecule has 3 rings (SSSR count). The zero-order valence-electron chi connectivity index (χ0n) is 13.1. The van der Waals surface area contributed by atoms with Gasteiger partial charge in [0, 0.05) is 37.1 Å². The minimum Gasteiger partial charge on any atom is -0.376 e. The second kappa shape index (κ2) is 7.73. The molecule has 2 heterocycles. The van der Waals surface area contributed by atoms with Crippen LogP contribution < -0.4 is 0 Å². The summed E-state index contributed by atoms with van der Waals surface area (Å²) in [5, 5.41) is 0.266. The van der Waals surface area contributed by atoms with Gasteiger partial charge in [0.2, 0.25) is 0 Å². The molecule has 6 heteroatoms. The number of ether oxygens (including phenoxy) is 1. The standard InChI is InChI=1S/C18H18ClFN2O2/c19-14-5-6-16(17(20)9-14)18(23)22(12-15-4-2-8-24-15)11-13-3-1-7-21-10-13/h1,3,5-7,9-10,15H,2,4,8,11-12H2. The molecule has 24 heavy (non-hydrogen) atoms. The third-order valence-corrected chi connectivity index (χ3v) is 4.23. The van der Waals surface area contributed by atoms with Gasteiger partial charge in [-0.2, -0.15) is 0 Å². The normalized spacial score (nSPS) is 17.0. The smallest absolute Gasteiger partial charge is 0.257 e. The van der Waals surface area contributed by atoms with Gasteiger partial charge >= 0.3 is 0 Å². The lowest BCUT2D eigenvalue weighted by Crippen LogP contribution is -2.37. The molecule has 0 spiro atoms. The summed E-state index contributed by atoms with van der Waals surface area (Å²) in [6.45, 7) is 1.49. The molecular formula is C18H18ClFN2O2. The van der Waals surface area contributed by atoms with Crippen molar-refractivity contribution in [3.8, 4) is 0 Å². The van der Waals surface area contributed by atoms with Crippen molar-refractivity contribution in [3.05, 3.63) is 64.7 Å². The summed E-state index contributed by atoms with van der Waals surface area (Å²) in [6, 6.07) is 7.80. The number of rotatable bonds is 5. The lowest BCUT2D eigenvalue weighted by Gasteiger charge is -2.26. The predicted molar refractivity (Wildman–Crippen MR) is 89.4 cm³/mol. The van der Waals surface area contributed by atoms with E-state index in [1.54, 1.807) is 17.3 Å². The van der Waals surface area contributed by atoms with Crippen LogP contribution >= 0.6 is 11.6 Å². The van der Waals surface area contributed by atoms with Gasteiger partial charge in [-0.3, -0.25) is 9.78 Å². The van der Waals surface area contributed by atoms with Crippen molar-refractivity contribution in [1.29, 1.82) is 0 Å². The number of carbonyl (C=O) groups is 1. The number of hydrogen-bond acceptors (Lipinski definition) is 3. The van der Waals surface area contributed by atoms with Crippen molar-refractivity contribution >= 4 is 17.5 Å². The highest BCUT2D eigenvalue weighted by Crippen LogP contribution is 2.20. The fourth-order valence-electron chi connectivity index (χ4n) is 2.80. The molecular weight excluding hydrogens is 331 g/mol. The Morgan fingerprint density at radius 2 is 2.29 bits per heavy atom. The van der Waals surface area contributed by atoms with E-state index in [9.17, 15) is 9.18 Å². The van der Waals surface area contributed by atoms with Gasteiger partial charge in [-0.05, 0) is 42.7 Å². The molecule has 0 saturated carbocycles. The Labute approximate surface area is 145 Å². The van der Waals surface area contributed by atoms with E-state index in [0.717, 1.165) is 24.5 Å². The van der Waals surface area contributed by atoms with Crippen molar-refractivity contribution in [2.75, 3.05) is 13.2 Å². The molecule has 1 aromatic carbocycles. The Morgan fingerprint density at radius 3 is 2.96 bits per heavy atom. The third-order valence-electron chi connectivity index (χ3n) is 3.99. The highest BCUT2D eigenvalue weighted by Gasteiger charge is 2.25. The quantitative estimate of drug-likeness (QED) is 0.827. The topological polar surface area (TPSA) is 42.4 Å². The van der Waals surface area contributed by atoms with Crippen LogP contribution in [0.1, 0.15) is 28.8 Å². The van der Waals surface area contributed by atoms with Gasteiger partial charge in [0.05, 0.1) is 11.7 Å². The minimum absolute atomic E-state index is 0.0130. The van der Waals surface area contributed by atoms with Gasteiger partial charge in [0.1, 0.15) is 5.82 Å². The van der Waals surface area contributed by atoms with Crippen molar-refractivity contribution in [2.45, 2.75) is 25.5 Å². The third kappa shape index (κ3) is 4.10. The summed E-state index contributed by atoms with van der Waals surface area (Å²) in [6.07, 6.45) is 5.25. The Kier molecular flexibility index (Phi) is 5.43.